The Morgan fingerprint density at radius 1 is 1.08 bits per heavy atom. The fourth-order valence-electron chi connectivity index (χ4n) is 4.27. The molecule has 3 heteroatoms. The molecule has 1 amide bonds. The molecule has 1 fully saturated rings. The Balaban J connectivity index is 2.07. The first-order valence-electron chi connectivity index (χ1n) is 8.64. The van der Waals surface area contributed by atoms with Crippen LogP contribution in [0.4, 0.5) is 0 Å². The van der Waals surface area contributed by atoms with E-state index in [4.69, 9.17) is 0 Å². The lowest BCUT2D eigenvalue weighted by Crippen LogP contribution is -2.58. The maximum atomic E-state index is 12.0. The first kappa shape index (κ1) is 16.7. The number of hydrogen-bond donors (Lipinski definition) is 1. The minimum Gasteiger partial charge on any atom is -0.346 e. The summed E-state index contributed by atoms with van der Waals surface area (Å²) in [5, 5.41) is 3.32. The smallest absolute Gasteiger partial charge is 0.217 e. The third kappa shape index (κ3) is 2.96. The van der Waals surface area contributed by atoms with Crippen LogP contribution in [0.15, 0.2) is 60.7 Å². The Hall–Kier alpha value is -2.13. The van der Waals surface area contributed by atoms with Crippen molar-refractivity contribution in [3.05, 3.63) is 71.8 Å². The molecule has 24 heavy (non-hydrogen) atoms. The summed E-state index contributed by atoms with van der Waals surface area (Å²) >= 11 is 0. The number of carbonyl (C=O) groups excluding carboxylic acids is 1. The third-order valence-corrected chi connectivity index (χ3v) is 5.41. The molecule has 3 rings (SSSR count). The summed E-state index contributed by atoms with van der Waals surface area (Å²) in [6, 6.07) is 21.3. The van der Waals surface area contributed by atoms with Gasteiger partial charge in [-0.15, -0.1) is 0 Å². The van der Waals surface area contributed by atoms with E-state index in [0.29, 0.717) is 0 Å². The van der Waals surface area contributed by atoms with Crippen LogP contribution in [0.25, 0.3) is 0 Å². The number of nitrogens with zero attached hydrogens (tertiary/aromatic N) is 1. The Morgan fingerprint density at radius 2 is 1.67 bits per heavy atom. The van der Waals surface area contributed by atoms with Crippen LogP contribution in [0.3, 0.4) is 0 Å². The standard InChI is InChI=1S/C21H26N2O/c1-16-20(18-10-6-4-7-11-18)23(3)15-14-21(16,22-17(2)24)19-12-8-5-9-13-19/h4-13,16,20H,14-15H2,1-3H3,(H,22,24)/t16-,20-,21-/m1/s1. The lowest BCUT2D eigenvalue weighted by Gasteiger charge is -2.51. The molecule has 0 aliphatic carbocycles. The van der Waals surface area contributed by atoms with E-state index < -0.39 is 0 Å². The molecule has 1 N–H and O–H groups in total. The predicted molar refractivity (Wildman–Crippen MR) is 97.5 cm³/mol. The molecule has 0 bridgehead atoms. The van der Waals surface area contributed by atoms with Crippen LogP contribution in [-0.4, -0.2) is 24.4 Å². The zero-order chi connectivity index (χ0) is 17.2. The second-order valence-corrected chi connectivity index (χ2v) is 6.89. The summed E-state index contributed by atoms with van der Waals surface area (Å²) in [5.41, 5.74) is 2.17. The average Bonchev–Trinajstić information content (AvgIpc) is 2.59. The van der Waals surface area contributed by atoms with Crippen molar-refractivity contribution in [3.63, 3.8) is 0 Å². The number of likely N-dealkylation sites (tertiary alicyclic amines) is 1. The summed E-state index contributed by atoms with van der Waals surface area (Å²) in [6.07, 6.45) is 0.914. The zero-order valence-electron chi connectivity index (χ0n) is 14.7. The summed E-state index contributed by atoms with van der Waals surface area (Å²) in [4.78, 5) is 14.4. The highest BCUT2D eigenvalue weighted by atomic mass is 16.1. The van der Waals surface area contributed by atoms with E-state index in [2.05, 4.69) is 78.8 Å². The molecule has 0 radical (unpaired) electrons. The van der Waals surface area contributed by atoms with Crippen LogP contribution in [0, 0.1) is 5.92 Å². The number of benzene rings is 2. The minimum atomic E-state index is -0.333. The fourth-order valence-corrected chi connectivity index (χ4v) is 4.27. The fraction of sp³-hybridized carbons (Fsp3) is 0.381. The monoisotopic (exact) mass is 322 g/mol. The molecule has 0 saturated carbocycles. The van der Waals surface area contributed by atoms with E-state index in [1.54, 1.807) is 6.92 Å². The van der Waals surface area contributed by atoms with Crippen molar-refractivity contribution >= 4 is 5.91 Å². The van der Waals surface area contributed by atoms with Gasteiger partial charge in [-0.1, -0.05) is 67.6 Å². The highest BCUT2D eigenvalue weighted by molar-refractivity contribution is 5.74. The molecule has 0 aromatic heterocycles. The molecular formula is C21H26N2O. The molecule has 1 saturated heterocycles. The third-order valence-electron chi connectivity index (χ3n) is 5.41. The van der Waals surface area contributed by atoms with Gasteiger partial charge in [0.2, 0.25) is 5.91 Å². The van der Waals surface area contributed by atoms with E-state index in [1.807, 2.05) is 6.07 Å². The van der Waals surface area contributed by atoms with Crippen molar-refractivity contribution in [1.82, 2.24) is 10.2 Å². The van der Waals surface area contributed by atoms with Gasteiger partial charge in [-0.05, 0) is 24.6 Å². The largest absolute Gasteiger partial charge is 0.346 e. The van der Waals surface area contributed by atoms with Crippen LogP contribution in [0.1, 0.15) is 37.4 Å². The molecule has 2 aromatic carbocycles. The topological polar surface area (TPSA) is 32.3 Å². The van der Waals surface area contributed by atoms with E-state index >= 15 is 0 Å². The predicted octanol–water partition coefficient (Wildman–Crippen LogP) is 3.73. The van der Waals surface area contributed by atoms with Gasteiger partial charge >= 0.3 is 0 Å². The van der Waals surface area contributed by atoms with Crippen molar-refractivity contribution in [1.29, 1.82) is 0 Å². The van der Waals surface area contributed by atoms with E-state index in [1.165, 1.54) is 11.1 Å². The van der Waals surface area contributed by atoms with Crippen molar-refractivity contribution in [2.45, 2.75) is 31.8 Å². The molecule has 126 valence electrons. The molecule has 2 aromatic rings. The van der Waals surface area contributed by atoms with E-state index in [0.717, 1.165) is 13.0 Å². The number of amides is 1. The molecule has 1 aliphatic heterocycles. The normalized spacial score (nSPS) is 27.6. The van der Waals surface area contributed by atoms with Gasteiger partial charge in [0.05, 0.1) is 5.54 Å². The second kappa shape index (κ2) is 6.78. The van der Waals surface area contributed by atoms with Crippen LogP contribution in [0.5, 0.6) is 0 Å². The van der Waals surface area contributed by atoms with Crippen molar-refractivity contribution in [2.75, 3.05) is 13.6 Å². The number of nitrogens with one attached hydrogen (secondary N) is 1. The molecule has 0 unspecified atom stereocenters. The van der Waals surface area contributed by atoms with Gasteiger partial charge in [-0.2, -0.15) is 0 Å². The Labute approximate surface area is 144 Å². The lowest BCUT2D eigenvalue weighted by atomic mass is 9.68. The maximum Gasteiger partial charge on any atom is 0.217 e. The quantitative estimate of drug-likeness (QED) is 0.934. The highest BCUT2D eigenvalue weighted by Crippen LogP contribution is 2.46. The van der Waals surface area contributed by atoms with Gasteiger partial charge in [-0.25, -0.2) is 0 Å². The molecule has 3 nitrogen and oxygen atoms in total. The van der Waals surface area contributed by atoms with Crippen LogP contribution in [-0.2, 0) is 10.3 Å². The summed E-state index contributed by atoms with van der Waals surface area (Å²) in [6.45, 7) is 4.82. The van der Waals surface area contributed by atoms with E-state index in [9.17, 15) is 4.79 Å². The first-order valence-corrected chi connectivity index (χ1v) is 8.64. The van der Waals surface area contributed by atoms with Crippen molar-refractivity contribution in [2.24, 2.45) is 5.92 Å². The summed E-state index contributed by atoms with van der Waals surface area (Å²) in [5.74, 6) is 0.284. The van der Waals surface area contributed by atoms with Crippen LogP contribution >= 0.6 is 0 Å². The van der Waals surface area contributed by atoms with Crippen LogP contribution in [0.2, 0.25) is 0 Å². The molecule has 3 atom stereocenters. The Morgan fingerprint density at radius 3 is 2.25 bits per heavy atom. The van der Waals surface area contributed by atoms with Gasteiger partial charge in [0.1, 0.15) is 0 Å². The lowest BCUT2D eigenvalue weighted by molar-refractivity contribution is -0.123. The Bertz CT molecular complexity index is 685. The second-order valence-electron chi connectivity index (χ2n) is 6.89. The van der Waals surface area contributed by atoms with Crippen LogP contribution < -0.4 is 5.32 Å². The molecular weight excluding hydrogens is 296 g/mol. The number of rotatable bonds is 3. The Kier molecular flexibility index (Phi) is 4.72. The minimum absolute atomic E-state index is 0.0297. The number of piperidine rings is 1. The maximum absolute atomic E-state index is 12.0. The molecule has 0 spiro atoms. The van der Waals surface area contributed by atoms with Gasteiger partial charge in [0.25, 0.3) is 0 Å². The zero-order valence-corrected chi connectivity index (χ0v) is 14.7. The molecule has 1 aliphatic rings. The number of hydrogen-bond acceptors (Lipinski definition) is 2. The van der Waals surface area contributed by atoms with Gasteiger partial charge in [-0.3, -0.25) is 9.69 Å². The van der Waals surface area contributed by atoms with Crippen molar-refractivity contribution in [3.8, 4) is 0 Å². The highest BCUT2D eigenvalue weighted by Gasteiger charge is 2.47. The number of carbonyl (C=O) groups is 1. The summed E-state index contributed by atoms with van der Waals surface area (Å²) in [7, 11) is 2.18. The summed E-state index contributed by atoms with van der Waals surface area (Å²) < 4.78 is 0. The van der Waals surface area contributed by atoms with Crippen molar-refractivity contribution < 1.29 is 4.79 Å². The van der Waals surface area contributed by atoms with Gasteiger partial charge in [0, 0.05) is 25.4 Å². The first-order chi connectivity index (χ1) is 11.5. The SMILES string of the molecule is CC(=O)N[C@]1(c2ccccc2)CCN(C)[C@@H](c2ccccc2)[C@H]1C. The average molecular weight is 322 g/mol. The van der Waals surface area contributed by atoms with Gasteiger partial charge in [0.15, 0.2) is 0 Å². The van der Waals surface area contributed by atoms with E-state index in [-0.39, 0.29) is 23.4 Å². The molecule has 1 heterocycles. The van der Waals surface area contributed by atoms with Gasteiger partial charge < -0.3 is 5.32 Å².